The quantitative estimate of drug-likeness (QED) is 0.817. The van der Waals surface area contributed by atoms with Crippen molar-refractivity contribution in [1.29, 1.82) is 5.26 Å². The average Bonchev–Trinajstić information content (AvgIpc) is 3.17. The van der Waals surface area contributed by atoms with Gasteiger partial charge in [0.05, 0.1) is 37.1 Å². The van der Waals surface area contributed by atoms with Crippen molar-refractivity contribution in [3.8, 4) is 6.07 Å². The molecule has 2 N–H and O–H groups in total. The zero-order valence-corrected chi connectivity index (χ0v) is 15.2. The Morgan fingerprint density at radius 3 is 2.60 bits per heavy atom. The number of nitriles is 1. The highest BCUT2D eigenvalue weighted by atomic mass is 32.1. The van der Waals surface area contributed by atoms with Gasteiger partial charge in [0.15, 0.2) is 6.54 Å². The molecule has 0 bridgehead atoms. The number of rotatable bonds is 4. The second-order valence-electron chi connectivity index (χ2n) is 7.00. The summed E-state index contributed by atoms with van der Waals surface area (Å²) in [6.07, 6.45) is 4.67. The standard InChI is InChI=1S/C18H24N4O2S/c19-14-18(6-2-1-3-7-18)20-16(23)13-21-8-10-22(11-9-21)17(24)15-5-4-12-25-15/h4-5,12H,1-3,6-11,13H2,(H,20,23)/p+1. The molecular weight excluding hydrogens is 336 g/mol. The molecule has 0 atom stereocenters. The smallest absolute Gasteiger partial charge is 0.276 e. The first-order chi connectivity index (χ1) is 12.1. The Morgan fingerprint density at radius 2 is 2.00 bits per heavy atom. The molecule has 1 saturated heterocycles. The summed E-state index contributed by atoms with van der Waals surface area (Å²) >= 11 is 1.46. The summed E-state index contributed by atoms with van der Waals surface area (Å²) in [5, 5.41) is 14.4. The van der Waals surface area contributed by atoms with Crippen molar-refractivity contribution in [2.45, 2.75) is 37.6 Å². The van der Waals surface area contributed by atoms with Gasteiger partial charge in [-0.3, -0.25) is 9.59 Å². The van der Waals surface area contributed by atoms with E-state index in [9.17, 15) is 14.9 Å². The summed E-state index contributed by atoms with van der Waals surface area (Å²) in [6.45, 7) is 3.25. The third-order valence-corrected chi connectivity index (χ3v) is 6.06. The molecule has 0 spiro atoms. The summed E-state index contributed by atoms with van der Waals surface area (Å²) in [5.74, 6) is 0.0422. The van der Waals surface area contributed by atoms with Gasteiger partial charge >= 0.3 is 0 Å². The highest BCUT2D eigenvalue weighted by Gasteiger charge is 2.35. The number of thiophene rings is 1. The molecule has 0 radical (unpaired) electrons. The highest BCUT2D eigenvalue weighted by molar-refractivity contribution is 7.12. The van der Waals surface area contributed by atoms with E-state index in [4.69, 9.17) is 0 Å². The van der Waals surface area contributed by atoms with E-state index in [0.29, 0.717) is 19.6 Å². The number of nitrogens with one attached hydrogen (secondary N) is 2. The zero-order chi connectivity index (χ0) is 17.7. The number of piperazine rings is 1. The van der Waals surface area contributed by atoms with Gasteiger partial charge in [-0.05, 0) is 24.3 Å². The third-order valence-electron chi connectivity index (χ3n) is 5.20. The Morgan fingerprint density at radius 1 is 1.28 bits per heavy atom. The number of hydrogen-bond acceptors (Lipinski definition) is 4. The lowest BCUT2D eigenvalue weighted by Crippen LogP contribution is -3.16. The zero-order valence-electron chi connectivity index (χ0n) is 14.4. The Hall–Kier alpha value is -1.91. The number of hydrogen-bond donors (Lipinski definition) is 2. The second kappa shape index (κ2) is 7.98. The molecule has 6 nitrogen and oxygen atoms in total. The Kier molecular flexibility index (Phi) is 5.71. The topological polar surface area (TPSA) is 77.6 Å². The fourth-order valence-electron chi connectivity index (χ4n) is 3.72. The van der Waals surface area contributed by atoms with Gasteiger partial charge in [-0.2, -0.15) is 5.26 Å². The monoisotopic (exact) mass is 361 g/mol. The number of carbonyl (C=O) groups is 2. The van der Waals surface area contributed by atoms with E-state index in [2.05, 4.69) is 11.4 Å². The van der Waals surface area contributed by atoms with Crippen LogP contribution < -0.4 is 10.2 Å². The minimum atomic E-state index is -0.661. The number of carbonyl (C=O) groups excluding carboxylic acids is 2. The van der Waals surface area contributed by atoms with Crippen LogP contribution in [0.1, 0.15) is 41.8 Å². The molecule has 1 aromatic heterocycles. The second-order valence-corrected chi connectivity index (χ2v) is 7.95. The van der Waals surface area contributed by atoms with Crippen molar-refractivity contribution >= 4 is 23.2 Å². The van der Waals surface area contributed by atoms with Crippen molar-refractivity contribution in [2.75, 3.05) is 32.7 Å². The van der Waals surface area contributed by atoms with Crippen molar-refractivity contribution < 1.29 is 14.5 Å². The van der Waals surface area contributed by atoms with Gasteiger partial charge in [-0.1, -0.05) is 25.3 Å². The first-order valence-corrected chi connectivity index (χ1v) is 9.88. The average molecular weight is 361 g/mol. The van der Waals surface area contributed by atoms with Crippen molar-refractivity contribution in [3.05, 3.63) is 22.4 Å². The molecule has 2 aliphatic rings. The van der Waals surface area contributed by atoms with Gasteiger partial charge in [0.2, 0.25) is 0 Å². The van der Waals surface area contributed by atoms with Gasteiger partial charge in [0.1, 0.15) is 5.54 Å². The Bertz CT molecular complexity index is 639. The number of amides is 2. The van der Waals surface area contributed by atoms with Crippen LogP contribution in [0.5, 0.6) is 0 Å². The number of nitrogens with zero attached hydrogens (tertiary/aromatic N) is 2. The molecule has 1 aliphatic heterocycles. The SMILES string of the molecule is N#CC1(NC(=O)C[NH+]2CCN(C(=O)c3cccs3)CC2)CCCCC1. The molecular formula is C18H25N4O2S+. The van der Waals surface area contributed by atoms with Crippen LogP contribution in [0.3, 0.4) is 0 Å². The van der Waals surface area contributed by atoms with E-state index in [1.54, 1.807) is 0 Å². The van der Waals surface area contributed by atoms with Crippen LogP contribution in [0.2, 0.25) is 0 Å². The first kappa shape index (κ1) is 17.9. The fourth-order valence-corrected chi connectivity index (χ4v) is 4.41. The molecule has 0 aromatic carbocycles. The fraction of sp³-hybridized carbons (Fsp3) is 0.611. The van der Waals surface area contributed by atoms with Gasteiger partial charge in [0.25, 0.3) is 11.8 Å². The normalized spacial score (nSPS) is 20.7. The molecule has 2 fully saturated rings. The summed E-state index contributed by atoms with van der Waals surface area (Å²) in [5.41, 5.74) is -0.661. The predicted octanol–water partition coefficient (Wildman–Crippen LogP) is 0.431. The van der Waals surface area contributed by atoms with E-state index in [1.807, 2.05) is 22.4 Å². The van der Waals surface area contributed by atoms with Gasteiger partial charge in [0, 0.05) is 0 Å². The van der Waals surface area contributed by atoms with Gasteiger partial charge < -0.3 is 15.1 Å². The molecule has 25 heavy (non-hydrogen) atoms. The minimum absolute atomic E-state index is 0.0449. The van der Waals surface area contributed by atoms with E-state index < -0.39 is 5.54 Å². The van der Waals surface area contributed by atoms with Crippen LogP contribution in [0.4, 0.5) is 0 Å². The molecule has 1 saturated carbocycles. The molecule has 1 aromatic rings. The lowest BCUT2D eigenvalue weighted by Gasteiger charge is -2.34. The predicted molar refractivity (Wildman–Crippen MR) is 95.4 cm³/mol. The van der Waals surface area contributed by atoms with Crippen LogP contribution >= 0.6 is 11.3 Å². The van der Waals surface area contributed by atoms with Gasteiger partial charge in [-0.25, -0.2) is 0 Å². The molecule has 2 amide bonds. The van der Waals surface area contributed by atoms with Crippen LogP contribution in [-0.2, 0) is 4.79 Å². The van der Waals surface area contributed by atoms with Gasteiger partial charge in [-0.15, -0.1) is 11.3 Å². The van der Waals surface area contributed by atoms with E-state index >= 15 is 0 Å². The third kappa shape index (κ3) is 4.39. The molecule has 2 heterocycles. The van der Waals surface area contributed by atoms with Crippen LogP contribution in [0.25, 0.3) is 0 Å². The van der Waals surface area contributed by atoms with Crippen molar-refractivity contribution in [1.82, 2.24) is 10.2 Å². The highest BCUT2D eigenvalue weighted by Crippen LogP contribution is 2.27. The maximum absolute atomic E-state index is 12.4. The van der Waals surface area contributed by atoms with E-state index in [1.165, 1.54) is 16.2 Å². The van der Waals surface area contributed by atoms with Crippen LogP contribution in [0, 0.1) is 11.3 Å². The summed E-state index contributed by atoms with van der Waals surface area (Å²) < 4.78 is 0. The van der Waals surface area contributed by atoms with Crippen LogP contribution in [-0.4, -0.2) is 55.0 Å². The van der Waals surface area contributed by atoms with Crippen LogP contribution in [0.15, 0.2) is 17.5 Å². The van der Waals surface area contributed by atoms with E-state index in [-0.39, 0.29) is 11.8 Å². The molecule has 1 aliphatic carbocycles. The Balaban J connectivity index is 1.46. The van der Waals surface area contributed by atoms with Crippen molar-refractivity contribution in [3.63, 3.8) is 0 Å². The lowest BCUT2D eigenvalue weighted by atomic mass is 9.83. The maximum Gasteiger partial charge on any atom is 0.276 e. The van der Waals surface area contributed by atoms with E-state index in [0.717, 1.165) is 50.1 Å². The minimum Gasteiger partial charge on any atom is -0.333 e. The summed E-state index contributed by atoms with van der Waals surface area (Å²) in [4.78, 5) is 28.5. The summed E-state index contributed by atoms with van der Waals surface area (Å²) in [6, 6.07) is 6.07. The number of quaternary nitrogens is 1. The summed E-state index contributed by atoms with van der Waals surface area (Å²) in [7, 11) is 0. The van der Waals surface area contributed by atoms with Crippen molar-refractivity contribution in [2.24, 2.45) is 0 Å². The maximum atomic E-state index is 12.4. The largest absolute Gasteiger partial charge is 0.333 e. The molecule has 3 rings (SSSR count). The lowest BCUT2D eigenvalue weighted by molar-refractivity contribution is -0.896. The molecule has 7 heteroatoms. The molecule has 134 valence electrons. The molecule has 0 unspecified atom stereocenters. The first-order valence-electron chi connectivity index (χ1n) is 9.00. The Labute approximate surface area is 152 Å².